The standard InChI is InChI=1S/C14H16ClNO2S/c1-14(2,17)12-9-19-13(16-12)6-7-18-11-5-3-4-10(15)8-11/h3-5,8-9,17H,6-7H2,1-2H3. The highest BCUT2D eigenvalue weighted by molar-refractivity contribution is 7.09. The van der Waals surface area contributed by atoms with Crippen LogP contribution in [0.1, 0.15) is 24.5 Å². The monoisotopic (exact) mass is 297 g/mol. The van der Waals surface area contributed by atoms with Crippen LogP contribution in [0.3, 0.4) is 0 Å². The van der Waals surface area contributed by atoms with Crippen molar-refractivity contribution in [2.45, 2.75) is 25.9 Å². The first-order valence-corrected chi connectivity index (χ1v) is 7.26. The molecule has 1 aromatic heterocycles. The molecule has 0 aliphatic heterocycles. The molecule has 0 bridgehead atoms. The lowest BCUT2D eigenvalue weighted by Gasteiger charge is -2.13. The van der Waals surface area contributed by atoms with E-state index in [1.165, 1.54) is 11.3 Å². The number of hydrogen-bond acceptors (Lipinski definition) is 4. The van der Waals surface area contributed by atoms with Gasteiger partial charge in [-0.15, -0.1) is 11.3 Å². The van der Waals surface area contributed by atoms with Crippen LogP contribution in [0.15, 0.2) is 29.6 Å². The lowest BCUT2D eigenvalue weighted by atomic mass is 10.1. The molecule has 0 unspecified atom stereocenters. The number of aliphatic hydroxyl groups is 1. The summed E-state index contributed by atoms with van der Waals surface area (Å²) in [5.41, 5.74) is -0.182. The van der Waals surface area contributed by atoms with Crippen molar-refractivity contribution in [3.63, 3.8) is 0 Å². The Morgan fingerprint density at radius 3 is 2.84 bits per heavy atom. The summed E-state index contributed by atoms with van der Waals surface area (Å²) in [5.74, 6) is 0.756. The van der Waals surface area contributed by atoms with Crippen molar-refractivity contribution < 1.29 is 9.84 Å². The van der Waals surface area contributed by atoms with Crippen LogP contribution in [-0.4, -0.2) is 16.7 Å². The molecule has 102 valence electrons. The van der Waals surface area contributed by atoms with Crippen LogP contribution < -0.4 is 4.74 Å². The second-order valence-corrected chi connectivity index (χ2v) is 6.12. The van der Waals surface area contributed by atoms with Crippen LogP contribution in [-0.2, 0) is 12.0 Å². The van der Waals surface area contributed by atoms with Gasteiger partial charge in [-0.3, -0.25) is 0 Å². The second-order valence-electron chi connectivity index (χ2n) is 4.74. The molecule has 0 spiro atoms. The smallest absolute Gasteiger partial charge is 0.120 e. The third-order valence-electron chi connectivity index (χ3n) is 2.56. The Bertz CT molecular complexity index is 548. The molecule has 0 aliphatic carbocycles. The van der Waals surface area contributed by atoms with Crippen LogP contribution in [0.5, 0.6) is 5.75 Å². The topological polar surface area (TPSA) is 42.4 Å². The van der Waals surface area contributed by atoms with Gasteiger partial charge in [-0.1, -0.05) is 17.7 Å². The minimum atomic E-state index is -0.886. The SMILES string of the molecule is CC(C)(O)c1csc(CCOc2cccc(Cl)c2)n1. The number of ether oxygens (including phenoxy) is 1. The summed E-state index contributed by atoms with van der Waals surface area (Å²) >= 11 is 7.41. The highest BCUT2D eigenvalue weighted by Gasteiger charge is 2.19. The minimum Gasteiger partial charge on any atom is -0.493 e. The summed E-state index contributed by atoms with van der Waals surface area (Å²) in [5, 5.41) is 13.3. The zero-order chi connectivity index (χ0) is 13.9. The van der Waals surface area contributed by atoms with Gasteiger partial charge < -0.3 is 9.84 Å². The van der Waals surface area contributed by atoms with E-state index < -0.39 is 5.60 Å². The van der Waals surface area contributed by atoms with Crippen LogP contribution in [0.2, 0.25) is 5.02 Å². The molecule has 3 nitrogen and oxygen atoms in total. The van der Waals surface area contributed by atoms with Gasteiger partial charge in [0.15, 0.2) is 0 Å². The molecule has 2 rings (SSSR count). The number of thiazole rings is 1. The lowest BCUT2D eigenvalue weighted by molar-refractivity contribution is 0.0743. The van der Waals surface area contributed by atoms with Crippen LogP contribution >= 0.6 is 22.9 Å². The molecule has 1 N–H and O–H groups in total. The predicted molar refractivity (Wildman–Crippen MR) is 78.0 cm³/mol. The van der Waals surface area contributed by atoms with Gasteiger partial charge in [0.25, 0.3) is 0 Å². The molecule has 0 radical (unpaired) electrons. The van der Waals surface area contributed by atoms with E-state index in [-0.39, 0.29) is 0 Å². The Hall–Kier alpha value is -1.10. The first kappa shape index (κ1) is 14.3. The van der Waals surface area contributed by atoms with Crippen molar-refractivity contribution in [3.05, 3.63) is 45.4 Å². The molecule has 0 saturated carbocycles. The fourth-order valence-corrected chi connectivity index (χ4v) is 2.64. The summed E-state index contributed by atoms with van der Waals surface area (Å²) < 4.78 is 5.61. The zero-order valence-corrected chi connectivity index (χ0v) is 12.5. The van der Waals surface area contributed by atoms with Crippen molar-refractivity contribution in [2.24, 2.45) is 0 Å². The lowest BCUT2D eigenvalue weighted by Crippen LogP contribution is -2.16. The largest absolute Gasteiger partial charge is 0.493 e. The van der Waals surface area contributed by atoms with E-state index in [1.54, 1.807) is 19.9 Å². The molecule has 2 aromatic rings. The van der Waals surface area contributed by atoms with Crippen molar-refractivity contribution in [3.8, 4) is 5.75 Å². The van der Waals surface area contributed by atoms with E-state index in [0.29, 0.717) is 23.7 Å². The van der Waals surface area contributed by atoms with Gasteiger partial charge in [0.2, 0.25) is 0 Å². The van der Waals surface area contributed by atoms with E-state index in [9.17, 15) is 5.11 Å². The number of nitrogens with zero attached hydrogens (tertiary/aromatic N) is 1. The van der Waals surface area contributed by atoms with E-state index in [2.05, 4.69) is 4.98 Å². The number of benzene rings is 1. The Kier molecular flexibility index (Phi) is 4.45. The van der Waals surface area contributed by atoms with E-state index in [0.717, 1.165) is 10.8 Å². The van der Waals surface area contributed by atoms with E-state index in [1.807, 2.05) is 23.6 Å². The molecule has 0 atom stereocenters. The maximum atomic E-state index is 9.83. The molecular formula is C14H16ClNO2S. The van der Waals surface area contributed by atoms with E-state index >= 15 is 0 Å². The quantitative estimate of drug-likeness (QED) is 0.916. The van der Waals surface area contributed by atoms with Crippen LogP contribution in [0.4, 0.5) is 0 Å². The minimum absolute atomic E-state index is 0.541. The normalized spacial score (nSPS) is 11.6. The second kappa shape index (κ2) is 5.90. The number of halogens is 1. The van der Waals surface area contributed by atoms with Crippen LogP contribution in [0.25, 0.3) is 0 Å². The fraction of sp³-hybridized carbons (Fsp3) is 0.357. The van der Waals surface area contributed by atoms with Gasteiger partial charge in [-0.2, -0.15) is 0 Å². The predicted octanol–water partition coefficient (Wildman–Crippen LogP) is 3.65. The highest BCUT2D eigenvalue weighted by atomic mass is 35.5. The molecule has 0 amide bonds. The zero-order valence-electron chi connectivity index (χ0n) is 10.9. The molecular weight excluding hydrogens is 282 g/mol. The Balaban J connectivity index is 1.88. The van der Waals surface area contributed by atoms with Gasteiger partial charge in [-0.25, -0.2) is 4.98 Å². The first-order chi connectivity index (χ1) is 8.95. The van der Waals surface area contributed by atoms with Gasteiger partial charge in [0, 0.05) is 16.8 Å². The molecule has 19 heavy (non-hydrogen) atoms. The summed E-state index contributed by atoms with van der Waals surface area (Å²) in [6, 6.07) is 7.32. The third kappa shape index (κ3) is 4.20. The van der Waals surface area contributed by atoms with Gasteiger partial charge in [0.1, 0.15) is 11.4 Å². The first-order valence-electron chi connectivity index (χ1n) is 6.01. The molecule has 0 saturated heterocycles. The third-order valence-corrected chi connectivity index (χ3v) is 3.70. The Morgan fingerprint density at radius 1 is 1.42 bits per heavy atom. The average Bonchev–Trinajstić information content (AvgIpc) is 2.77. The molecule has 0 fully saturated rings. The van der Waals surface area contributed by atoms with Gasteiger partial charge >= 0.3 is 0 Å². The summed E-state index contributed by atoms with van der Waals surface area (Å²) in [6.07, 6.45) is 0.716. The summed E-state index contributed by atoms with van der Waals surface area (Å²) in [4.78, 5) is 4.39. The van der Waals surface area contributed by atoms with Crippen molar-refractivity contribution >= 4 is 22.9 Å². The maximum Gasteiger partial charge on any atom is 0.120 e. The van der Waals surface area contributed by atoms with Crippen molar-refractivity contribution in [1.29, 1.82) is 0 Å². The average molecular weight is 298 g/mol. The van der Waals surface area contributed by atoms with Crippen molar-refractivity contribution in [2.75, 3.05) is 6.61 Å². The highest BCUT2D eigenvalue weighted by Crippen LogP contribution is 2.22. The fourth-order valence-electron chi connectivity index (χ4n) is 1.52. The van der Waals surface area contributed by atoms with Crippen LogP contribution in [0, 0.1) is 0 Å². The maximum absolute atomic E-state index is 9.83. The summed E-state index contributed by atoms with van der Waals surface area (Å²) in [7, 11) is 0. The number of rotatable bonds is 5. The number of hydrogen-bond donors (Lipinski definition) is 1. The van der Waals surface area contributed by atoms with Crippen molar-refractivity contribution in [1.82, 2.24) is 4.98 Å². The molecule has 0 aliphatic rings. The van der Waals surface area contributed by atoms with E-state index in [4.69, 9.17) is 16.3 Å². The Morgan fingerprint density at radius 2 is 2.21 bits per heavy atom. The van der Waals surface area contributed by atoms with Gasteiger partial charge in [0.05, 0.1) is 17.3 Å². The molecule has 1 heterocycles. The van der Waals surface area contributed by atoms with Gasteiger partial charge in [-0.05, 0) is 32.0 Å². The molecule has 5 heteroatoms. The molecule has 1 aromatic carbocycles. The summed E-state index contributed by atoms with van der Waals surface area (Å²) in [6.45, 7) is 4.00. The Labute approximate surface area is 121 Å². The number of aromatic nitrogens is 1.